The summed E-state index contributed by atoms with van der Waals surface area (Å²) < 4.78 is 0. The van der Waals surface area contributed by atoms with E-state index in [0.29, 0.717) is 12.2 Å². The van der Waals surface area contributed by atoms with Crippen LogP contribution in [0.25, 0.3) is 0 Å². The Morgan fingerprint density at radius 3 is 2.88 bits per heavy atom. The molecule has 94 valence electrons. The molecular weight excluding hydrogens is 220 g/mol. The smallest absolute Gasteiger partial charge is 0.273 e. The van der Waals surface area contributed by atoms with Gasteiger partial charge < -0.3 is 10.2 Å². The first-order chi connectivity index (χ1) is 8.25. The second-order valence-electron chi connectivity index (χ2n) is 4.26. The SMILES string of the molecule is CN1CCN(CCNC(=O)c2cn[nH]n2)CC1. The molecule has 0 atom stereocenters. The molecule has 1 amide bonds. The Morgan fingerprint density at radius 1 is 1.47 bits per heavy atom. The number of likely N-dealkylation sites (N-methyl/N-ethyl adjacent to an activating group) is 1. The first kappa shape index (κ1) is 12.0. The van der Waals surface area contributed by atoms with Gasteiger partial charge in [-0.1, -0.05) is 0 Å². The van der Waals surface area contributed by atoms with Gasteiger partial charge in [-0.15, -0.1) is 0 Å². The van der Waals surface area contributed by atoms with E-state index in [1.807, 2.05) is 0 Å². The number of hydrogen-bond donors (Lipinski definition) is 2. The zero-order chi connectivity index (χ0) is 12.1. The first-order valence-electron chi connectivity index (χ1n) is 5.80. The standard InChI is InChI=1S/C10H18N6O/c1-15-4-6-16(7-5-15)3-2-11-10(17)9-8-12-14-13-9/h8H,2-7H2,1H3,(H,11,17)(H,12,13,14). The van der Waals surface area contributed by atoms with Crippen LogP contribution in [0.1, 0.15) is 10.5 Å². The molecule has 0 unspecified atom stereocenters. The van der Waals surface area contributed by atoms with E-state index in [4.69, 9.17) is 0 Å². The van der Waals surface area contributed by atoms with Gasteiger partial charge >= 0.3 is 0 Å². The third-order valence-electron chi connectivity index (χ3n) is 2.96. The van der Waals surface area contributed by atoms with Crippen LogP contribution in [0.15, 0.2) is 6.20 Å². The lowest BCUT2D eigenvalue weighted by Gasteiger charge is -2.32. The highest BCUT2D eigenvalue weighted by Gasteiger charge is 2.14. The number of rotatable bonds is 4. The molecule has 0 spiro atoms. The third kappa shape index (κ3) is 3.50. The normalized spacial score (nSPS) is 18.2. The zero-order valence-corrected chi connectivity index (χ0v) is 10.0. The molecule has 1 aliphatic heterocycles. The Hall–Kier alpha value is -1.47. The van der Waals surface area contributed by atoms with Gasteiger partial charge in [0.15, 0.2) is 5.69 Å². The molecule has 17 heavy (non-hydrogen) atoms. The van der Waals surface area contributed by atoms with Crippen LogP contribution in [0, 0.1) is 0 Å². The lowest BCUT2D eigenvalue weighted by atomic mass is 10.3. The fourth-order valence-corrected chi connectivity index (χ4v) is 1.80. The largest absolute Gasteiger partial charge is 0.349 e. The second-order valence-corrected chi connectivity index (χ2v) is 4.26. The molecule has 7 nitrogen and oxygen atoms in total. The van der Waals surface area contributed by atoms with Gasteiger partial charge in [0.25, 0.3) is 5.91 Å². The van der Waals surface area contributed by atoms with Crippen LogP contribution in [-0.2, 0) is 0 Å². The van der Waals surface area contributed by atoms with E-state index < -0.39 is 0 Å². The molecule has 0 bridgehead atoms. The summed E-state index contributed by atoms with van der Waals surface area (Å²) in [5.41, 5.74) is 0.336. The number of amides is 1. The summed E-state index contributed by atoms with van der Waals surface area (Å²) in [5.74, 6) is -0.173. The number of aromatic amines is 1. The van der Waals surface area contributed by atoms with Crippen LogP contribution in [0.3, 0.4) is 0 Å². The number of hydrogen-bond acceptors (Lipinski definition) is 5. The van der Waals surface area contributed by atoms with E-state index in [-0.39, 0.29) is 5.91 Å². The van der Waals surface area contributed by atoms with Gasteiger partial charge in [-0.3, -0.25) is 9.69 Å². The van der Waals surface area contributed by atoms with Gasteiger partial charge in [0.05, 0.1) is 6.20 Å². The van der Waals surface area contributed by atoms with Crippen molar-refractivity contribution in [2.75, 3.05) is 46.3 Å². The molecule has 1 saturated heterocycles. The molecule has 0 aromatic carbocycles. The number of piperazine rings is 1. The summed E-state index contributed by atoms with van der Waals surface area (Å²) in [7, 11) is 2.13. The van der Waals surface area contributed by atoms with Gasteiger partial charge in [-0.2, -0.15) is 15.4 Å². The van der Waals surface area contributed by atoms with Crippen LogP contribution < -0.4 is 5.32 Å². The van der Waals surface area contributed by atoms with Crippen molar-refractivity contribution in [3.8, 4) is 0 Å². The highest BCUT2D eigenvalue weighted by atomic mass is 16.1. The van der Waals surface area contributed by atoms with E-state index in [2.05, 4.69) is 37.6 Å². The van der Waals surface area contributed by atoms with E-state index in [9.17, 15) is 4.79 Å². The molecule has 2 rings (SSSR count). The number of nitrogens with zero attached hydrogens (tertiary/aromatic N) is 4. The summed E-state index contributed by atoms with van der Waals surface area (Å²) in [6, 6.07) is 0. The lowest BCUT2D eigenvalue weighted by molar-refractivity contribution is 0.0936. The summed E-state index contributed by atoms with van der Waals surface area (Å²) >= 11 is 0. The maximum Gasteiger partial charge on any atom is 0.273 e. The van der Waals surface area contributed by atoms with Crippen LogP contribution in [-0.4, -0.2) is 77.4 Å². The maximum absolute atomic E-state index is 11.5. The summed E-state index contributed by atoms with van der Waals surface area (Å²) in [5, 5.41) is 12.6. The molecule has 1 fully saturated rings. The lowest BCUT2D eigenvalue weighted by Crippen LogP contribution is -2.46. The molecule has 0 saturated carbocycles. The molecule has 1 aromatic heterocycles. The first-order valence-corrected chi connectivity index (χ1v) is 5.80. The number of carbonyl (C=O) groups excluding carboxylic acids is 1. The van der Waals surface area contributed by atoms with Crippen molar-refractivity contribution >= 4 is 5.91 Å². The quantitative estimate of drug-likeness (QED) is 0.687. The average molecular weight is 238 g/mol. The number of nitrogens with one attached hydrogen (secondary N) is 2. The van der Waals surface area contributed by atoms with E-state index in [1.165, 1.54) is 6.20 Å². The summed E-state index contributed by atoms with van der Waals surface area (Å²) in [4.78, 5) is 16.2. The van der Waals surface area contributed by atoms with Gasteiger partial charge in [0.1, 0.15) is 0 Å². The second kappa shape index (κ2) is 5.74. The fourth-order valence-electron chi connectivity index (χ4n) is 1.80. The number of carbonyl (C=O) groups is 1. The topological polar surface area (TPSA) is 77.1 Å². The number of aromatic nitrogens is 3. The maximum atomic E-state index is 11.5. The third-order valence-corrected chi connectivity index (χ3v) is 2.96. The Balaban J connectivity index is 1.64. The van der Waals surface area contributed by atoms with Crippen LogP contribution in [0.4, 0.5) is 0 Å². The van der Waals surface area contributed by atoms with Crippen LogP contribution >= 0.6 is 0 Å². The molecule has 2 heterocycles. The molecule has 7 heteroatoms. The minimum atomic E-state index is -0.173. The van der Waals surface area contributed by atoms with Crippen molar-refractivity contribution < 1.29 is 4.79 Å². The van der Waals surface area contributed by atoms with Gasteiger partial charge in [0.2, 0.25) is 0 Å². The van der Waals surface area contributed by atoms with Crippen molar-refractivity contribution in [2.45, 2.75) is 0 Å². The van der Waals surface area contributed by atoms with Crippen LogP contribution in [0.2, 0.25) is 0 Å². The van der Waals surface area contributed by atoms with Gasteiger partial charge in [0, 0.05) is 39.3 Å². The Kier molecular flexibility index (Phi) is 4.05. The van der Waals surface area contributed by atoms with Gasteiger partial charge in [-0.05, 0) is 7.05 Å². The summed E-state index contributed by atoms with van der Waals surface area (Å²) in [6.45, 7) is 5.86. The van der Waals surface area contributed by atoms with Crippen molar-refractivity contribution in [2.24, 2.45) is 0 Å². The van der Waals surface area contributed by atoms with E-state index >= 15 is 0 Å². The molecular formula is C10H18N6O. The predicted octanol–water partition coefficient (Wildman–Crippen LogP) is -1.22. The molecule has 1 aliphatic rings. The Morgan fingerprint density at radius 2 is 2.24 bits per heavy atom. The predicted molar refractivity (Wildman–Crippen MR) is 62.7 cm³/mol. The fraction of sp³-hybridized carbons (Fsp3) is 0.700. The van der Waals surface area contributed by atoms with Crippen molar-refractivity contribution in [1.29, 1.82) is 0 Å². The molecule has 2 N–H and O–H groups in total. The highest BCUT2D eigenvalue weighted by Crippen LogP contribution is 1.97. The molecule has 0 aliphatic carbocycles. The highest BCUT2D eigenvalue weighted by molar-refractivity contribution is 5.91. The van der Waals surface area contributed by atoms with Crippen molar-refractivity contribution in [3.63, 3.8) is 0 Å². The van der Waals surface area contributed by atoms with Gasteiger partial charge in [-0.25, -0.2) is 0 Å². The minimum absolute atomic E-state index is 0.173. The minimum Gasteiger partial charge on any atom is -0.349 e. The van der Waals surface area contributed by atoms with Crippen LogP contribution in [0.5, 0.6) is 0 Å². The molecule has 0 radical (unpaired) electrons. The number of H-pyrrole nitrogens is 1. The monoisotopic (exact) mass is 238 g/mol. The summed E-state index contributed by atoms with van der Waals surface area (Å²) in [6.07, 6.45) is 1.42. The van der Waals surface area contributed by atoms with Crippen molar-refractivity contribution in [3.05, 3.63) is 11.9 Å². The van der Waals surface area contributed by atoms with E-state index in [0.717, 1.165) is 32.7 Å². The van der Waals surface area contributed by atoms with E-state index in [1.54, 1.807) is 0 Å². The Labute approximate surface area is 100 Å². The van der Waals surface area contributed by atoms with Crippen molar-refractivity contribution in [1.82, 2.24) is 30.5 Å². The average Bonchev–Trinajstić information content (AvgIpc) is 2.85. The zero-order valence-electron chi connectivity index (χ0n) is 10.0. The Bertz CT molecular complexity index is 344. The molecule has 1 aromatic rings.